The Morgan fingerprint density at radius 3 is 2.41 bits per heavy atom. The van der Waals surface area contributed by atoms with Crippen molar-refractivity contribution in [1.29, 1.82) is 5.26 Å². The van der Waals surface area contributed by atoms with Crippen LogP contribution >= 0.6 is 12.6 Å². The Hall–Kier alpha value is -3.04. The second-order valence-electron chi connectivity index (χ2n) is 5.50. The van der Waals surface area contributed by atoms with E-state index >= 15 is 0 Å². The van der Waals surface area contributed by atoms with Crippen LogP contribution in [0.4, 0.5) is 0 Å². The van der Waals surface area contributed by atoms with E-state index in [9.17, 15) is 10.1 Å². The SMILES string of the molecule is CCOC(=O)c1c(-c2ccc(-c3ccccn3)cc2)c(C#N)cn1C.CS. The number of carbonyl (C=O) groups excluding carboxylic acids is 1. The molecule has 0 bridgehead atoms. The van der Waals surface area contributed by atoms with Gasteiger partial charge in [0.15, 0.2) is 0 Å². The monoisotopic (exact) mass is 379 g/mol. The number of nitriles is 1. The van der Waals surface area contributed by atoms with Gasteiger partial charge in [0.05, 0.1) is 17.9 Å². The second-order valence-corrected chi connectivity index (χ2v) is 5.50. The maximum absolute atomic E-state index is 12.3. The van der Waals surface area contributed by atoms with E-state index in [1.807, 2.05) is 42.5 Å². The van der Waals surface area contributed by atoms with E-state index in [1.54, 1.807) is 37.2 Å². The number of carbonyl (C=O) groups is 1. The van der Waals surface area contributed by atoms with Gasteiger partial charge in [0.25, 0.3) is 0 Å². The van der Waals surface area contributed by atoms with Gasteiger partial charge in [-0.05, 0) is 30.9 Å². The second kappa shape index (κ2) is 9.60. The number of benzene rings is 1. The highest BCUT2D eigenvalue weighted by Crippen LogP contribution is 2.31. The third-order valence-corrected chi connectivity index (χ3v) is 3.91. The highest BCUT2D eigenvalue weighted by molar-refractivity contribution is 7.79. The predicted molar refractivity (Wildman–Crippen MR) is 110 cm³/mol. The molecular weight excluding hydrogens is 358 g/mol. The molecule has 0 fully saturated rings. The summed E-state index contributed by atoms with van der Waals surface area (Å²) in [5, 5.41) is 9.44. The van der Waals surface area contributed by atoms with E-state index in [0.29, 0.717) is 16.8 Å². The van der Waals surface area contributed by atoms with Crippen molar-refractivity contribution >= 4 is 18.6 Å². The molecule has 2 heterocycles. The molecule has 2 aromatic heterocycles. The smallest absolute Gasteiger partial charge is 0.355 e. The van der Waals surface area contributed by atoms with E-state index < -0.39 is 5.97 Å². The first-order valence-corrected chi connectivity index (χ1v) is 9.28. The van der Waals surface area contributed by atoms with Crippen LogP contribution in [0.25, 0.3) is 22.4 Å². The lowest BCUT2D eigenvalue weighted by atomic mass is 9.99. The van der Waals surface area contributed by atoms with Crippen LogP contribution in [-0.4, -0.2) is 28.4 Å². The van der Waals surface area contributed by atoms with Crippen molar-refractivity contribution in [2.24, 2.45) is 7.05 Å². The molecule has 3 rings (SSSR count). The number of esters is 1. The van der Waals surface area contributed by atoms with E-state index in [0.717, 1.165) is 16.8 Å². The van der Waals surface area contributed by atoms with Gasteiger partial charge in [-0.1, -0.05) is 30.3 Å². The minimum absolute atomic E-state index is 0.282. The molecule has 0 radical (unpaired) electrons. The van der Waals surface area contributed by atoms with Crippen molar-refractivity contribution in [3.8, 4) is 28.5 Å². The van der Waals surface area contributed by atoms with E-state index in [-0.39, 0.29) is 6.61 Å². The van der Waals surface area contributed by atoms with E-state index in [1.165, 1.54) is 0 Å². The fourth-order valence-corrected chi connectivity index (χ4v) is 2.79. The Morgan fingerprint density at radius 2 is 1.85 bits per heavy atom. The molecular formula is C21H21N3O2S. The van der Waals surface area contributed by atoms with Gasteiger partial charge < -0.3 is 9.30 Å². The summed E-state index contributed by atoms with van der Waals surface area (Å²) in [6.07, 6.45) is 5.08. The number of aryl methyl sites for hydroxylation is 1. The minimum Gasteiger partial charge on any atom is -0.461 e. The Morgan fingerprint density at radius 1 is 1.19 bits per heavy atom. The molecule has 5 nitrogen and oxygen atoms in total. The first-order chi connectivity index (χ1) is 13.2. The molecule has 0 spiro atoms. The molecule has 0 aliphatic rings. The summed E-state index contributed by atoms with van der Waals surface area (Å²) in [5.41, 5.74) is 4.04. The Kier molecular flexibility index (Phi) is 7.21. The summed E-state index contributed by atoms with van der Waals surface area (Å²) in [6.45, 7) is 2.04. The topological polar surface area (TPSA) is 67.9 Å². The third kappa shape index (κ3) is 4.39. The largest absolute Gasteiger partial charge is 0.461 e. The van der Waals surface area contributed by atoms with Crippen LogP contribution in [0.2, 0.25) is 0 Å². The first-order valence-electron chi connectivity index (χ1n) is 8.38. The molecule has 0 aliphatic carbocycles. The van der Waals surface area contributed by atoms with Gasteiger partial charge in [-0.3, -0.25) is 4.98 Å². The predicted octanol–water partition coefficient (Wildman–Crippen LogP) is 4.35. The molecule has 0 N–H and O–H groups in total. The van der Waals surface area contributed by atoms with Crippen LogP contribution < -0.4 is 0 Å². The van der Waals surface area contributed by atoms with Crippen LogP contribution in [0.3, 0.4) is 0 Å². The summed E-state index contributed by atoms with van der Waals surface area (Å²) in [4.78, 5) is 16.6. The first kappa shape index (κ1) is 20.3. The number of hydrogen-bond donors (Lipinski definition) is 1. The van der Waals surface area contributed by atoms with Gasteiger partial charge in [0, 0.05) is 30.6 Å². The molecule has 0 atom stereocenters. The number of hydrogen-bond acceptors (Lipinski definition) is 5. The van der Waals surface area contributed by atoms with E-state index in [4.69, 9.17) is 4.74 Å². The van der Waals surface area contributed by atoms with Crippen molar-refractivity contribution in [1.82, 2.24) is 9.55 Å². The highest BCUT2D eigenvalue weighted by Gasteiger charge is 2.22. The number of ether oxygens (including phenoxy) is 1. The lowest BCUT2D eigenvalue weighted by molar-refractivity contribution is 0.0516. The maximum Gasteiger partial charge on any atom is 0.355 e. The van der Waals surface area contributed by atoms with Gasteiger partial charge >= 0.3 is 5.97 Å². The molecule has 1 aromatic carbocycles. The molecule has 0 saturated carbocycles. The molecule has 3 aromatic rings. The quantitative estimate of drug-likeness (QED) is 0.541. The Labute approximate surface area is 164 Å². The van der Waals surface area contributed by atoms with Crippen molar-refractivity contribution in [2.45, 2.75) is 6.92 Å². The van der Waals surface area contributed by atoms with Crippen LogP contribution in [0, 0.1) is 11.3 Å². The minimum atomic E-state index is -0.435. The summed E-state index contributed by atoms with van der Waals surface area (Å²) in [6, 6.07) is 15.5. The van der Waals surface area contributed by atoms with Gasteiger partial charge in [0.1, 0.15) is 11.8 Å². The van der Waals surface area contributed by atoms with Crippen LogP contribution in [0.5, 0.6) is 0 Å². The fraction of sp³-hybridized carbons (Fsp3) is 0.190. The summed E-state index contributed by atoms with van der Waals surface area (Å²) in [5.74, 6) is -0.435. The molecule has 0 amide bonds. The van der Waals surface area contributed by atoms with Gasteiger partial charge in [-0.15, -0.1) is 0 Å². The van der Waals surface area contributed by atoms with Gasteiger partial charge in [-0.25, -0.2) is 4.79 Å². The van der Waals surface area contributed by atoms with Crippen molar-refractivity contribution in [2.75, 3.05) is 12.9 Å². The molecule has 0 unspecified atom stereocenters. The summed E-state index contributed by atoms with van der Waals surface area (Å²) >= 11 is 3.53. The van der Waals surface area contributed by atoms with Crippen LogP contribution in [0.1, 0.15) is 23.0 Å². The maximum atomic E-state index is 12.3. The number of thiol groups is 1. The number of nitrogens with zero attached hydrogens (tertiary/aromatic N) is 3. The summed E-state index contributed by atoms with van der Waals surface area (Å²) < 4.78 is 6.78. The van der Waals surface area contributed by atoms with Crippen molar-refractivity contribution in [3.05, 3.63) is 66.1 Å². The lowest BCUT2D eigenvalue weighted by Gasteiger charge is -2.08. The number of rotatable bonds is 4. The normalized spacial score (nSPS) is 9.74. The lowest BCUT2D eigenvalue weighted by Crippen LogP contribution is -2.10. The zero-order valence-electron chi connectivity index (χ0n) is 15.5. The zero-order chi connectivity index (χ0) is 19.8. The standard InChI is InChI=1S/C20H17N3O2.CH4S/c1-3-25-20(24)19-18(16(12-21)13-23(19)2)15-9-7-14(8-10-15)17-6-4-5-11-22-17;1-2/h4-11,13H,3H2,1-2H3;2H,1H3. The molecule has 27 heavy (non-hydrogen) atoms. The molecule has 138 valence electrons. The zero-order valence-corrected chi connectivity index (χ0v) is 16.4. The fourth-order valence-electron chi connectivity index (χ4n) is 2.79. The average Bonchev–Trinajstić information content (AvgIpc) is 3.07. The van der Waals surface area contributed by atoms with E-state index in [2.05, 4.69) is 23.7 Å². The number of aromatic nitrogens is 2. The van der Waals surface area contributed by atoms with Crippen LogP contribution in [0.15, 0.2) is 54.9 Å². The molecule has 0 saturated heterocycles. The van der Waals surface area contributed by atoms with Crippen LogP contribution in [-0.2, 0) is 11.8 Å². The third-order valence-electron chi connectivity index (χ3n) is 3.91. The molecule has 6 heteroatoms. The molecule has 0 aliphatic heterocycles. The number of pyridine rings is 1. The highest BCUT2D eigenvalue weighted by atomic mass is 32.1. The Balaban J connectivity index is 0.00000126. The van der Waals surface area contributed by atoms with Crippen molar-refractivity contribution in [3.63, 3.8) is 0 Å². The Bertz CT molecular complexity index is 942. The van der Waals surface area contributed by atoms with Gasteiger partial charge in [-0.2, -0.15) is 17.9 Å². The van der Waals surface area contributed by atoms with Crippen molar-refractivity contribution < 1.29 is 9.53 Å². The van der Waals surface area contributed by atoms with Gasteiger partial charge in [0.2, 0.25) is 0 Å². The average molecular weight is 379 g/mol. The summed E-state index contributed by atoms with van der Waals surface area (Å²) in [7, 11) is 1.73.